The molecule has 5 heterocycles. The van der Waals surface area contributed by atoms with Crippen LogP contribution >= 0.6 is 0 Å². The van der Waals surface area contributed by atoms with Crippen LogP contribution in [0.4, 0.5) is 10.1 Å². The summed E-state index contributed by atoms with van der Waals surface area (Å²) in [4.78, 5) is 22.0. The summed E-state index contributed by atoms with van der Waals surface area (Å²) in [5.41, 5.74) is 9.06. The smallest absolute Gasteiger partial charge is 0.161 e. The van der Waals surface area contributed by atoms with Gasteiger partial charge in [-0.05, 0) is 54.1 Å². The van der Waals surface area contributed by atoms with Gasteiger partial charge in [0, 0.05) is 29.2 Å². The van der Waals surface area contributed by atoms with E-state index in [1.807, 2.05) is 54.6 Å². The predicted octanol–water partition coefficient (Wildman–Crippen LogP) is 6.85. The van der Waals surface area contributed by atoms with Crippen molar-refractivity contribution in [2.45, 2.75) is 0 Å². The van der Waals surface area contributed by atoms with Crippen LogP contribution in [0.25, 0.3) is 61.8 Å². The van der Waals surface area contributed by atoms with E-state index in [4.69, 9.17) is 9.97 Å². The number of hydrogen-bond acceptors (Lipinski definition) is 6. The molecule has 7 rings (SSSR count). The molecule has 0 aliphatic carbocycles. The van der Waals surface area contributed by atoms with Gasteiger partial charge in [-0.3, -0.25) is 15.1 Å². The van der Waals surface area contributed by atoms with E-state index in [2.05, 4.69) is 37.0 Å². The number of halogens is 1. The maximum atomic E-state index is 13.5. The number of hydrogen-bond donors (Lipinski definition) is 3. The highest BCUT2D eigenvalue weighted by Crippen LogP contribution is 2.31. The van der Waals surface area contributed by atoms with E-state index in [1.165, 1.54) is 12.1 Å². The maximum Gasteiger partial charge on any atom is 0.161 e. The average molecular weight is 525 g/mol. The highest BCUT2D eigenvalue weighted by molar-refractivity contribution is 5.95. The van der Waals surface area contributed by atoms with Crippen molar-refractivity contribution in [1.29, 1.82) is 0 Å². The standard InChI is InChI=1S/C31H21FN8/c1-18(19-5-3-2-4-6-19)35-23-15-21(16-33-17-23)24-11-12-26-29(36-24)30(40-39-26)31-37-25-13-14-34-27(28(25)38-31)20-7-9-22(32)10-8-20/h2-17,35H,1H2,(H,37,38)(H,39,40). The molecular weight excluding hydrogens is 503 g/mol. The highest BCUT2D eigenvalue weighted by atomic mass is 19.1. The summed E-state index contributed by atoms with van der Waals surface area (Å²) in [6.45, 7) is 4.15. The van der Waals surface area contributed by atoms with Crippen molar-refractivity contribution in [2.24, 2.45) is 0 Å². The average Bonchev–Trinajstić information content (AvgIpc) is 3.62. The topological polar surface area (TPSA) is 108 Å². The second-order valence-corrected chi connectivity index (χ2v) is 9.24. The molecule has 0 saturated carbocycles. The Hall–Kier alpha value is -5.70. The van der Waals surface area contributed by atoms with Crippen molar-refractivity contribution in [2.75, 3.05) is 5.32 Å². The number of nitrogens with one attached hydrogen (secondary N) is 3. The highest BCUT2D eigenvalue weighted by Gasteiger charge is 2.17. The molecular formula is C31H21FN8. The second-order valence-electron chi connectivity index (χ2n) is 9.24. The van der Waals surface area contributed by atoms with Gasteiger partial charge < -0.3 is 10.3 Å². The number of nitrogens with zero attached hydrogens (tertiary/aromatic N) is 5. The van der Waals surface area contributed by atoms with Crippen LogP contribution in [0.5, 0.6) is 0 Å². The van der Waals surface area contributed by atoms with Crippen LogP contribution in [0.1, 0.15) is 5.56 Å². The molecule has 3 N–H and O–H groups in total. The molecule has 0 unspecified atom stereocenters. The fourth-order valence-electron chi connectivity index (χ4n) is 4.63. The van der Waals surface area contributed by atoms with Crippen molar-refractivity contribution in [1.82, 2.24) is 35.1 Å². The summed E-state index contributed by atoms with van der Waals surface area (Å²) in [7, 11) is 0. The number of anilines is 1. The lowest BCUT2D eigenvalue weighted by Gasteiger charge is -2.10. The summed E-state index contributed by atoms with van der Waals surface area (Å²) in [5.74, 6) is 0.246. The Morgan fingerprint density at radius 2 is 1.62 bits per heavy atom. The minimum absolute atomic E-state index is 0.304. The Labute approximate surface area is 227 Å². The van der Waals surface area contributed by atoms with Crippen molar-refractivity contribution in [3.05, 3.63) is 115 Å². The number of benzene rings is 2. The van der Waals surface area contributed by atoms with Crippen LogP contribution in [0.3, 0.4) is 0 Å². The monoisotopic (exact) mass is 524 g/mol. The third-order valence-electron chi connectivity index (χ3n) is 6.60. The normalized spacial score (nSPS) is 11.2. The van der Waals surface area contributed by atoms with Crippen LogP contribution in [-0.4, -0.2) is 35.1 Å². The van der Waals surface area contributed by atoms with Gasteiger partial charge in [0.2, 0.25) is 0 Å². The van der Waals surface area contributed by atoms with Gasteiger partial charge in [-0.25, -0.2) is 14.4 Å². The second kappa shape index (κ2) is 9.55. The van der Waals surface area contributed by atoms with Crippen molar-refractivity contribution >= 4 is 33.5 Å². The fraction of sp³-hybridized carbons (Fsp3) is 0. The van der Waals surface area contributed by atoms with Crippen molar-refractivity contribution < 1.29 is 4.39 Å². The molecule has 0 radical (unpaired) electrons. The Bertz CT molecular complexity index is 2010. The largest absolute Gasteiger partial charge is 0.354 e. The molecule has 7 aromatic rings. The van der Waals surface area contributed by atoms with Crippen LogP contribution in [0, 0.1) is 5.82 Å². The number of fused-ring (bicyclic) bond motifs is 2. The van der Waals surface area contributed by atoms with E-state index < -0.39 is 0 Å². The maximum absolute atomic E-state index is 13.5. The summed E-state index contributed by atoms with van der Waals surface area (Å²) in [5, 5.41) is 10.9. The minimum atomic E-state index is -0.304. The fourth-order valence-corrected chi connectivity index (χ4v) is 4.63. The van der Waals surface area contributed by atoms with Gasteiger partial charge in [0.25, 0.3) is 0 Å². The molecule has 0 aliphatic heterocycles. The Morgan fingerprint density at radius 1 is 0.800 bits per heavy atom. The lowest BCUT2D eigenvalue weighted by atomic mass is 10.1. The zero-order valence-electron chi connectivity index (χ0n) is 21.1. The van der Waals surface area contributed by atoms with Crippen molar-refractivity contribution in [3.8, 4) is 34.0 Å². The minimum Gasteiger partial charge on any atom is -0.354 e. The first-order chi connectivity index (χ1) is 19.6. The number of aromatic nitrogens is 7. The van der Waals surface area contributed by atoms with Gasteiger partial charge in [-0.1, -0.05) is 36.9 Å². The van der Waals surface area contributed by atoms with E-state index in [-0.39, 0.29) is 5.82 Å². The number of rotatable bonds is 6. The summed E-state index contributed by atoms with van der Waals surface area (Å²) >= 11 is 0. The summed E-state index contributed by atoms with van der Waals surface area (Å²) < 4.78 is 13.5. The van der Waals surface area contributed by atoms with Gasteiger partial charge in [-0.15, -0.1) is 0 Å². The summed E-state index contributed by atoms with van der Waals surface area (Å²) in [6, 6.07) is 23.8. The van der Waals surface area contributed by atoms with Crippen LogP contribution in [-0.2, 0) is 0 Å². The lowest BCUT2D eigenvalue weighted by molar-refractivity contribution is 0.628. The number of aromatic amines is 2. The molecule has 0 saturated heterocycles. The predicted molar refractivity (Wildman–Crippen MR) is 154 cm³/mol. The zero-order chi connectivity index (χ0) is 27.1. The number of imidazole rings is 1. The lowest BCUT2D eigenvalue weighted by Crippen LogP contribution is -1.98. The van der Waals surface area contributed by atoms with Gasteiger partial charge in [0.05, 0.1) is 34.3 Å². The molecule has 0 fully saturated rings. The molecule has 9 heteroatoms. The molecule has 0 aliphatic rings. The molecule has 0 bridgehead atoms. The Morgan fingerprint density at radius 3 is 2.48 bits per heavy atom. The van der Waals surface area contributed by atoms with E-state index >= 15 is 0 Å². The van der Waals surface area contributed by atoms with E-state index in [1.54, 1.807) is 30.7 Å². The third-order valence-corrected chi connectivity index (χ3v) is 6.60. The van der Waals surface area contributed by atoms with Gasteiger partial charge in [0.15, 0.2) is 11.5 Å². The molecule has 0 atom stereocenters. The van der Waals surface area contributed by atoms with Crippen LogP contribution in [0.2, 0.25) is 0 Å². The van der Waals surface area contributed by atoms with Gasteiger partial charge in [0.1, 0.15) is 16.9 Å². The van der Waals surface area contributed by atoms with Crippen LogP contribution in [0.15, 0.2) is 104 Å². The first-order valence-electron chi connectivity index (χ1n) is 12.6. The van der Waals surface area contributed by atoms with E-state index in [9.17, 15) is 4.39 Å². The Kier molecular flexibility index (Phi) is 5.59. The van der Waals surface area contributed by atoms with Crippen LogP contribution < -0.4 is 5.32 Å². The van der Waals surface area contributed by atoms with E-state index in [0.717, 1.165) is 44.8 Å². The van der Waals surface area contributed by atoms with Gasteiger partial charge >= 0.3 is 0 Å². The molecule has 0 spiro atoms. The summed E-state index contributed by atoms with van der Waals surface area (Å²) in [6.07, 6.45) is 5.22. The Balaban J connectivity index is 1.25. The first-order valence-corrected chi connectivity index (χ1v) is 12.6. The van der Waals surface area contributed by atoms with Crippen molar-refractivity contribution in [3.63, 3.8) is 0 Å². The molecule has 5 aromatic heterocycles. The SMILES string of the molecule is C=C(Nc1cncc(-c2ccc3[nH]nc(-c4nc5c(-c6ccc(F)cc6)nccc5[nH]4)c3n2)c1)c1ccccc1. The first kappa shape index (κ1) is 23.4. The number of pyridine rings is 3. The molecule has 192 valence electrons. The zero-order valence-corrected chi connectivity index (χ0v) is 21.1. The van der Waals surface area contributed by atoms with Gasteiger partial charge in [-0.2, -0.15) is 5.10 Å². The van der Waals surface area contributed by atoms with E-state index in [0.29, 0.717) is 28.2 Å². The molecule has 8 nitrogen and oxygen atoms in total. The molecule has 2 aromatic carbocycles. The third kappa shape index (κ3) is 4.25. The number of H-pyrrole nitrogens is 2. The molecule has 40 heavy (non-hydrogen) atoms. The molecule has 0 amide bonds. The quantitative estimate of drug-likeness (QED) is 0.220.